The summed E-state index contributed by atoms with van der Waals surface area (Å²) < 4.78 is 23.8. The molecule has 0 bridgehead atoms. The third kappa shape index (κ3) is 4.36. The predicted molar refractivity (Wildman–Crippen MR) is 83.8 cm³/mol. The van der Waals surface area contributed by atoms with Crippen LogP contribution in [0.1, 0.15) is 12.1 Å². The van der Waals surface area contributed by atoms with Crippen molar-refractivity contribution in [3.05, 3.63) is 41.4 Å². The first-order chi connectivity index (χ1) is 11.5. The van der Waals surface area contributed by atoms with E-state index in [1.165, 1.54) is 15.9 Å². The van der Waals surface area contributed by atoms with Crippen LogP contribution < -0.4 is 29.5 Å². The number of aliphatic hydroxyl groups is 1. The molecule has 2 rings (SSSR count). The smallest absolute Gasteiger partial charge is 0.339 e. The van der Waals surface area contributed by atoms with Crippen LogP contribution in [0.25, 0.3) is 0 Å². The number of thiazole rings is 1. The minimum atomic E-state index is -6.09. The van der Waals surface area contributed by atoms with E-state index in [4.69, 9.17) is 0 Å². The van der Waals surface area contributed by atoms with Crippen LogP contribution in [0.2, 0.25) is 0 Å². The lowest BCUT2D eigenvalue weighted by Gasteiger charge is -2.55. The Balaban J connectivity index is 2.27. The maximum Gasteiger partial charge on any atom is 0.339 e. The van der Waals surface area contributed by atoms with Gasteiger partial charge in [-0.15, -0.1) is 0 Å². The van der Waals surface area contributed by atoms with Crippen molar-refractivity contribution < 1.29 is 38.4 Å². The van der Waals surface area contributed by atoms with Gasteiger partial charge >= 0.3 is 5.13 Å². The van der Waals surface area contributed by atoms with Crippen LogP contribution in [0, 0.1) is 6.92 Å². The summed E-state index contributed by atoms with van der Waals surface area (Å²) >= 11 is 1.26. The quantitative estimate of drug-likeness (QED) is 0.435. The van der Waals surface area contributed by atoms with E-state index in [9.17, 15) is 33.8 Å². The molecule has 2 aromatic rings. The fourth-order valence-corrected chi connectivity index (χ4v) is 5.03. The number of nitrogens with one attached hydrogen (secondary N) is 1. The van der Waals surface area contributed by atoms with Gasteiger partial charge in [0, 0.05) is 11.8 Å². The summed E-state index contributed by atoms with van der Waals surface area (Å²) in [6.45, 7) is 1.32. The first-order valence-corrected chi connectivity index (χ1v) is 11.0. The van der Waals surface area contributed by atoms with Crippen LogP contribution in [-0.4, -0.2) is 10.2 Å². The normalized spacial score (nSPS) is 13.0. The number of benzene rings is 1. The molecule has 25 heavy (non-hydrogen) atoms. The first-order valence-electron chi connectivity index (χ1n) is 7.02. The van der Waals surface area contributed by atoms with Crippen LogP contribution >= 0.6 is 26.5 Å². The van der Waals surface area contributed by atoms with Gasteiger partial charge in [-0.2, -0.15) is 0 Å². The van der Waals surface area contributed by atoms with Crippen LogP contribution in [0.4, 0.5) is 10.8 Å². The maximum absolute atomic E-state index is 11.1. The van der Waals surface area contributed by atoms with Crippen molar-refractivity contribution in [2.24, 2.45) is 0 Å². The van der Waals surface area contributed by atoms with E-state index in [1.807, 2.05) is 6.07 Å². The van der Waals surface area contributed by atoms with Crippen LogP contribution in [0.5, 0.6) is 0 Å². The first kappa shape index (κ1) is 20.2. The van der Waals surface area contributed by atoms with Gasteiger partial charge < -0.3 is 33.8 Å². The van der Waals surface area contributed by atoms with E-state index in [2.05, 4.69) is 5.32 Å². The zero-order chi connectivity index (χ0) is 18.9. The Morgan fingerprint density at radius 3 is 2.24 bits per heavy atom. The van der Waals surface area contributed by atoms with Crippen LogP contribution in [0.15, 0.2) is 35.7 Å². The Morgan fingerprint density at radius 1 is 1.16 bits per heavy atom. The molecule has 2 N–H and O–H groups in total. The van der Waals surface area contributed by atoms with E-state index >= 15 is 0 Å². The molecule has 0 aliphatic heterocycles. The molecule has 12 heteroatoms. The number of aromatic nitrogens is 1. The Labute approximate surface area is 147 Å². The summed E-state index contributed by atoms with van der Waals surface area (Å²) in [4.78, 5) is 44.6. The lowest BCUT2D eigenvalue weighted by molar-refractivity contribution is -0.686. The van der Waals surface area contributed by atoms with Gasteiger partial charge in [-0.3, -0.25) is 0 Å². The topological polar surface area (TPSA) is 163 Å². The summed E-state index contributed by atoms with van der Waals surface area (Å²) in [5.41, 5.74) is 1.36. The second-order valence-corrected chi connectivity index (χ2v) is 10.0. The largest absolute Gasteiger partial charge is 0.808 e. The minimum Gasteiger partial charge on any atom is -0.808 e. The zero-order valence-corrected chi connectivity index (χ0v) is 15.6. The Bertz CT molecular complexity index is 808. The number of para-hydroxylation sites is 1. The lowest BCUT2D eigenvalue weighted by Crippen LogP contribution is -2.49. The second kappa shape index (κ2) is 7.26. The molecule has 0 saturated heterocycles. The molecule has 1 heterocycles. The van der Waals surface area contributed by atoms with E-state index in [1.54, 1.807) is 36.6 Å². The highest BCUT2D eigenvalue weighted by Crippen LogP contribution is 2.60. The molecular formula is C13H15N2O7P2S-3. The highest BCUT2D eigenvalue weighted by Gasteiger charge is 2.36. The summed E-state index contributed by atoms with van der Waals surface area (Å²) in [7, 11) is -12.2. The van der Waals surface area contributed by atoms with Gasteiger partial charge in [0.05, 0.1) is 6.54 Å². The fraction of sp³-hybridized carbons (Fsp3) is 0.308. The number of aryl methyl sites for hydroxylation is 1. The molecule has 0 aliphatic rings. The molecule has 0 fully saturated rings. The second-order valence-electron chi connectivity index (χ2n) is 5.34. The van der Waals surface area contributed by atoms with Crippen molar-refractivity contribution >= 4 is 37.3 Å². The van der Waals surface area contributed by atoms with Crippen molar-refractivity contribution in [1.29, 1.82) is 0 Å². The molecular weight excluding hydrogens is 390 g/mol. The van der Waals surface area contributed by atoms with Crippen molar-refractivity contribution in [3.63, 3.8) is 0 Å². The van der Waals surface area contributed by atoms with Crippen molar-refractivity contribution in [1.82, 2.24) is 0 Å². The molecule has 0 amide bonds. The number of nitrogens with zero attached hydrogens (tertiary/aromatic N) is 1. The Morgan fingerprint density at radius 2 is 1.72 bits per heavy atom. The highest BCUT2D eigenvalue weighted by molar-refractivity contribution is 7.69. The molecule has 0 spiro atoms. The molecule has 0 unspecified atom stereocenters. The lowest BCUT2D eigenvalue weighted by atomic mass is 10.3. The minimum absolute atomic E-state index is 0.357. The summed E-state index contributed by atoms with van der Waals surface area (Å²) in [6, 6.07) is 8.97. The fourth-order valence-electron chi connectivity index (χ4n) is 2.13. The molecule has 1 aromatic carbocycles. The van der Waals surface area contributed by atoms with Gasteiger partial charge in [-0.1, -0.05) is 29.5 Å². The molecule has 9 nitrogen and oxygen atoms in total. The number of hydrogen-bond donors (Lipinski definition) is 2. The van der Waals surface area contributed by atoms with Gasteiger partial charge in [0.1, 0.15) is 16.5 Å². The molecule has 0 atom stereocenters. The number of hydrogen-bond acceptors (Lipinski definition) is 9. The molecule has 138 valence electrons. The Hall–Kier alpha value is -1.09. The highest BCUT2D eigenvalue weighted by atomic mass is 32.1. The summed E-state index contributed by atoms with van der Waals surface area (Å²) in [6.07, 6.45) is -1.06. The SMILES string of the molecule is Cc1csc(Nc2ccccc2)[n+]1CCC(O)(P(=O)([O-])[O-])P(=O)([O-])[O-]. The van der Waals surface area contributed by atoms with E-state index < -0.39 is 26.7 Å². The number of anilines is 2. The van der Waals surface area contributed by atoms with Crippen molar-refractivity contribution in [2.45, 2.75) is 25.0 Å². The molecule has 1 aromatic heterocycles. The zero-order valence-electron chi connectivity index (χ0n) is 13.0. The van der Waals surface area contributed by atoms with Gasteiger partial charge in [0.2, 0.25) is 0 Å². The average molecular weight is 405 g/mol. The maximum atomic E-state index is 11.1. The molecule has 0 radical (unpaired) electrons. The molecule has 0 saturated carbocycles. The van der Waals surface area contributed by atoms with Crippen LogP contribution in [-0.2, 0) is 15.7 Å². The van der Waals surface area contributed by atoms with Crippen molar-refractivity contribution in [2.75, 3.05) is 5.32 Å². The van der Waals surface area contributed by atoms with Gasteiger partial charge in [0.25, 0.3) is 0 Å². The predicted octanol–water partition coefficient (Wildman–Crippen LogP) is -1.05. The summed E-state index contributed by atoms with van der Waals surface area (Å²) in [5.74, 6) is 0. The van der Waals surface area contributed by atoms with E-state index in [0.717, 1.165) is 5.69 Å². The average Bonchev–Trinajstić information content (AvgIpc) is 2.84. The van der Waals surface area contributed by atoms with Crippen LogP contribution in [0.3, 0.4) is 0 Å². The third-order valence-electron chi connectivity index (χ3n) is 3.59. The molecule has 0 aliphatic carbocycles. The van der Waals surface area contributed by atoms with Gasteiger partial charge in [-0.25, -0.2) is 9.88 Å². The monoisotopic (exact) mass is 405 g/mol. The number of rotatable bonds is 7. The van der Waals surface area contributed by atoms with E-state index in [-0.39, 0.29) is 6.54 Å². The van der Waals surface area contributed by atoms with E-state index in [0.29, 0.717) is 10.8 Å². The van der Waals surface area contributed by atoms with Crippen molar-refractivity contribution in [3.8, 4) is 0 Å². The summed E-state index contributed by atoms with van der Waals surface area (Å²) in [5, 5.41) is 11.2. The van der Waals surface area contributed by atoms with Gasteiger partial charge in [-0.05, 0) is 34.2 Å². The van der Waals surface area contributed by atoms with Gasteiger partial charge in [0.15, 0.2) is 0 Å². The standard InChI is InChI=1S/C13H18N2O7P2S/c1-10-9-25-12(14-11-5-3-2-4-6-11)15(10)8-7-13(16,23(17,18)19)24(20,21)22/h2-6,9,16H,7-8H2,1H3,(H4,17,18,19,20,21,22)/p-3. The third-order valence-corrected chi connectivity index (χ3v) is 8.26. The Kier molecular flexibility index (Phi) is 5.88.